The molecule has 2 rings (SSSR count). The van der Waals surface area contributed by atoms with Gasteiger partial charge in [0.05, 0.1) is 6.61 Å². The normalized spacial score (nSPS) is 34.8. The fourth-order valence-corrected chi connectivity index (χ4v) is 3.43. The maximum atomic E-state index is 9.35. The Hall–Kier alpha value is -0.120. The zero-order valence-electron chi connectivity index (χ0n) is 9.57. The molecule has 15 heavy (non-hydrogen) atoms. The minimum Gasteiger partial charge on any atom is -0.395 e. The second kappa shape index (κ2) is 5.28. The van der Waals surface area contributed by atoms with Gasteiger partial charge in [-0.2, -0.15) is 0 Å². The summed E-state index contributed by atoms with van der Waals surface area (Å²) in [7, 11) is 0. The van der Waals surface area contributed by atoms with Gasteiger partial charge < -0.3 is 10.8 Å². The molecule has 3 heteroatoms. The largest absolute Gasteiger partial charge is 0.395 e. The summed E-state index contributed by atoms with van der Waals surface area (Å²) in [5, 5.41) is 9.35. The molecule has 1 saturated carbocycles. The van der Waals surface area contributed by atoms with E-state index < -0.39 is 0 Å². The van der Waals surface area contributed by atoms with Crippen molar-refractivity contribution in [2.75, 3.05) is 19.7 Å². The highest BCUT2D eigenvalue weighted by Crippen LogP contribution is 2.35. The molecule has 1 saturated heterocycles. The van der Waals surface area contributed by atoms with E-state index in [1.165, 1.54) is 38.5 Å². The predicted octanol–water partition coefficient (Wildman–Crippen LogP) is 0.961. The van der Waals surface area contributed by atoms with E-state index >= 15 is 0 Å². The second-order valence-corrected chi connectivity index (χ2v) is 5.06. The van der Waals surface area contributed by atoms with Crippen molar-refractivity contribution in [2.45, 2.75) is 50.6 Å². The van der Waals surface area contributed by atoms with Crippen LogP contribution in [0.2, 0.25) is 0 Å². The molecule has 88 valence electrons. The Morgan fingerprint density at radius 2 is 1.93 bits per heavy atom. The van der Waals surface area contributed by atoms with Crippen LogP contribution in [0.3, 0.4) is 0 Å². The number of fused-ring (bicyclic) bond motifs is 1. The van der Waals surface area contributed by atoms with Gasteiger partial charge in [-0.15, -0.1) is 0 Å². The summed E-state index contributed by atoms with van der Waals surface area (Å²) in [5.74, 6) is 0.882. The summed E-state index contributed by atoms with van der Waals surface area (Å²) in [6, 6.07) is 0.920. The second-order valence-electron chi connectivity index (χ2n) is 5.06. The van der Waals surface area contributed by atoms with E-state index in [0.717, 1.165) is 12.5 Å². The highest BCUT2D eigenvalue weighted by Gasteiger charge is 2.35. The molecular formula is C12H24N2O. The van der Waals surface area contributed by atoms with E-state index in [-0.39, 0.29) is 12.6 Å². The van der Waals surface area contributed by atoms with Crippen LogP contribution in [0.15, 0.2) is 0 Å². The van der Waals surface area contributed by atoms with Crippen molar-refractivity contribution in [1.82, 2.24) is 4.90 Å². The van der Waals surface area contributed by atoms with Gasteiger partial charge in [0.15, 0.2) is 0 Å². The molecule has 1 aliphatic carbocycles. The van der Waals surface area contributed by atoms with Gasteiger partial charge in [0, 0.05) is 18.6 Å². The fourth-order valence-electron chi connectivity index (χ4n) is 3.43. The standard InChI is InChI=1S/C12H24N2O/c13-8-11(9-15)14-7-3-5-10-4-1-2-6-12(10)14/h10-12,15H,1-9,13H2/t10-,11?,12-/m1/s1. The SMILES string of the molecule is NCC(CO)N1CCC[C@H]2CCCC[C@H]21. The molecule has 0 bridgehead atoms. The first-order chi connectivity index (χ1) is 7.36. The Morgan fingerprint density at radius 3 is 2.67 bits per heavy atom. The number of aliphatic hydroxyl groups is 1. The van der Waals surface area contributed by atoms with Crippen LogP contribution in [0.1, 0.15) is 38.5 Å². The first kappa shape index (κ1) is 11.4. The Labute approximate surface area is 92.6 Å². The molecule has 2 fully saturated rings. The molecule has 0 spiro atoms. The maximum absolute atomic E-state index is 9.35. The van der Waals surface area contributed by atoms with Gasteiger partial charge in [-0.3, -0.25) is 4.90 Å². The number of nitrogens with zero attached hydrogens (tertiary/aromatic N) is 1. The number of hydrogen-bond acceptors (Lipinski definition) is 3. The first-order valence-electron chi connectivity index (χ1n) is 6.43. The predicted molar refractivity (Wildman–Crippen MR) is 61.6 cm³/mol. The van der Waals surface area contributed by atoms with Gasteiger partial charge in [0.2, 0.25) is 0 Å². The van der Waals surface area contributed by atoms with E-state index in [0.29, 0.717) is 12.6 Å². The molecule has 0 radical (unpaired) electrons. The minimum absolute atomic E-state index is 0.205. The van der Waals surface area contributed by atoms with Crippen LogP contribution in [0.5, 0.6) is 0 Å². The van der Waals surface area contributed by atoms with E-state index in [4.69, 9.17) is 5.73 Å². The van der Waals surface area contributed by atoms with Crippen LogP contribution in [0.4, 0.5) is 0 Å². The summed E-state index contributed by atoms with van der Waals surface area (Å²) < 4.78 is 0. The Balaban J connectivity index is 2.02. The monoisotopic (exact) mass is 212 g/mol. The van der Waals surface area contributed by atoms with Gasteiger partial charge in [0.25, 0.3) is 0 Å². The van der Waals surface area contributed by atoms with Crippen molar-refractivity contribution in [3.63, 3.8) is 0 Å². The number of hydrogen-bond donors (Lipinski definition) is 2. The van der Waals surface area contributed by atoms with Crippen molar-refractivity contribution in [3.8, 4) is 0 Å². The topological polar surface area (TPSA) is 49.5 Å². The van der Waals surface area contributed by atoms with Crippen molar-refractivity contribution < 1.29 is 5.11 Å². The van der Waals surface area contributed by atoms with Crippen molar-refractivity contribution >= 4 is 0 Å². The number of likely N-dealkylation sites (tertiary alicyclic amines) is 1. The fraction of sp³-hybridized carbons (Fsp3) is 1.00. The lowest BCUT2D eigenvalue weighted by molar-refractivity contribution is 0.00858. The molecule has 3 N–H and O–H groups in total. The van der Waals surface area contributed by atoms with E-state index in [1.807, 2.05) is 0 Å². The van der Waals surface area contributed by atoms with Gasteiger partial charge in [-0.25, -0.2) is 0 Å². The zero-order chi connectivity index (χ0) is 10.7. The first-order valence-corrected chi connectivity index (χ1v) is 6.43. The summed E-state index contributed by atoms with van der Waals surface area (Å²) >= 11 is 0. The summed E-state index contributed by atoms with van der Waals surface area (Å²) in [6.45, 7) is 1.96. The molecule has 3 atom stereocenters. The molecule has 3 nitrogen and oxygen atoms in total. The Morgan fingerprint density at radius 1 is 1.20 bits per heavy atom. The number of aliphatic hydroxyl groups excluding tert-OH is 1. The van der Waals surface area contributed by atoms with Crippen molar-refractivity contribution in [1.29, 1.82) is 0 Å². The van der Waals surface area contributed by atoms with E-state index in [1.54, 1.807) is 0 Å². The van der Waals surface area contributed by atoms with Crippen molar-refractivity contribution in [2.24, 2.45) is 11.7 Å². The number of nitrogens with two attached hydrogens (primary N) is 1. The molecule has 1 heterocycles. The van der Waals surface area contributed by atoms with Gasteiger partial charge in [-0.1, -0.05) is 12.8 Å². The molecule has 0 aromatic rings. The summed E-state index contributed by atoms with van der Waals surface area (Å²) in [6.07, 6.45) is 8.16. The number of rotatable bonds is 3. The van der Waals surface area contributed by atoms with Crippen LogP contribution in [-0.4, -0.2) is 41.8 Å². The highest BCUT2D eigenvalue weighted by atomic mass is 16.3. The van der Waals surface area contributed by atoms with E-state index in [9.17, 15) is 5.11 Å². The average molecular weight is 212 g/mol. The quantitative estimate of drug-likeness (QED) is 0.732. The lowest BCUT2D eigenvalue weighted by Gasteiger charge is -2.47. The summed E-state index contributed by atoms with van der Waals surface area (Å²) in [5.41, 5.74) is 5.73. The third-order valence-electron chi connectivity index (χ3n) is 4.24. The zero-order valence-corrected chi connectivity index (χ0v) is 9.57. The average Bonchev–Trinajstić information content (AvgIpc) is 2.31. The highest BCUT2D eigenvalue weighted by molar-refractivity contribution is 4.90. The molecule has 1 aliphatic heterocycles. The van der Waals surface area contributed by atoms with E-state index in [2.05, 4.69) is 4.90 Å². The summed E-state index contributed by atoms with van der Waals surface area (Å²) in [4.78, 5) is 2.49. The maximum Gasteiger partial charge on any atom is 0.0599 e. The van der Waals surface area contributed by atoms with Crippen LogP contribution in [0.25, 0.3) is 0 Å². The minimum atomic E-state index is 0.205. The van der Waals surface area contributed by atoms with Gasteiger partial charge >= 0.3 is 0 Å². The van der Waals surface area contributed by atoms with Gasteiger partial charge in [-0.05, 0) is 38.1 Å². The third-order valence-corrected chi connectivity index (χ3v) is 4.24. The molecule has 2 aliphatic rings. The lowest BCUT2D eigenvalue weighted by Crippen LogP contribution is -2.55. The molecule has 1 unspecified atom stereocenters. The smallest absolute Gasteiger partial charge is 0.0599 e. The Bertz CT molecular complexity index is 192. The van der Waals surface area contributed by atoms with Crippen molar-refractivity contribution in [3.05, 3.63) is 0 Å². The number of piperidine rings is 1. The van der Waals surface area contributed by atoms with Crippen LogP contribution in [-0.2, 0) is 0 Å². The Kier molecular flexibility index (Phi) is 4.00. The molecule has 0 aromatic carbocycles. The van der Waals surface area contributed by atoms with Crippen LogP contribution < -0.4 is 5.73 Å². The lowest BCUT2D eigenvalue weighted by atomic mass is 9.78. The molecular weight excluding hydrogens is 188 g/mol. The molecule has 0 amide bonds. The van der Waals surface area contributed by atoms with Crippen LogP contribution in [0, 0.1) is 5.92 Å². The third kappa shape index (κ3) is 2.35. The van der Waals surface area contributed by atoms with Gasteiger partial charge in [0.1, 0.15) is 0 Å². The molecule has 0 aromatic heterocycles. The van der Waals surface area contributed by atoms with Crippen LogP contribution >= 0.6 is 0 Å².